The Morgan fingerprint density at radius 3 is 1.90 bits per heavy atom. The number of hydrogen-bond acceptors (Lipinski definition) is 10. The Balaban J connectivity index is 1.64. The third-order valence-electron chi connectivity index (χ3n) is 6.91. The lowest BCUT2D eigenvalue weighted by Gasteiger charge is -2.28. The van der Waals surface area contributed by atoms with Crippen LogP contribution in [0, 0.1) is 0 Å². The minimum Gasteiger partial charge on any atom is -0.496 e. The Hall–Kier alpha value is -4.86. The number of carbonyl (C=O) groups excluding carboxylic acids is 2. The first kappa shape index (κ1) is 26.7. The van der Waals surface area contributed by atoms with Crippen molar-refractivity contribution in [1.82, 2.24) is 0 Å². The number of carbonyl (C=O) groups is 2. The van der Waals surface area contributed by atoms with Gasteiger partial charge in [-0.1, -0.05) is 0 Å². The van der Waals surface area contributed by atoms with Gasteiger partial charge in [-0.05, 0) is 30.3 Å². The topological polar surface area (TPSA) is 108 Å². The Bertz CT molecular complexity index is 1540. The first-order chi connectivity index (χ1) is 19.4. The Morgan fingerprint density at radius 2 is 1.27 bits per heavy atom. The van der Waals surface area contributed by atoms with Crippen molar-refractivity contribution in [2.75, 3.05) is 42.7 Å². The van der Waals surface area contributed by atoms with Crippen LogP contribution in [0.2, 0.25) is 0 Å². The molecule has 2 heterocycles. The van der Waals surface area contributed by atoms with Crippen molar-refractivity contribution in [3.8, 4) is 46.0 Å². The largest absolute Gasteiger partial charge is 0.496 e. The van der Waals surface area contributed by atoms with E-state index in [2.05, 4.69) is 0 Å². The quantitative estimate of drug-likeness (QED) is 0.221. The summed E-state index contributed by atoms with van der Waals surface area (Å²) in [4.78, 5) is 26.2. The van der Waals surface area contributed by atoms with Crippen LogP contribution in [-0.4, -0.2) is 54.4 Å². The molecule has 0 saturated carbocycles. The first-order valence-electron chi connectivity index (χ1n) is 12.3. The zero-order chi connectivity index (χ0) is 28.6. The average molecular weight is 549 g/mol. The third kappa shape index (κ3) is 4.41. The maximum absolute atomic E-state index is 13.5. The average Bonchev–Trinajstić information content (AvgIpc) is 3.29. The Labute approximate surface area is 230 Å². The van der Waals surface area contributed by atoms with Gasteiger partial charge in [-0.25, -0.2) is 0 Å². The van der Waals surface area contributed by atoms with Crippen LogP contribution >= 0.6 is 0 Å². The smallest absolute Gasteiger partial charge is 0.312 e. The molecule has 0 saturated heterocycles. The molecule has 2 aliphatic rings. The van der Waals surface area contributed by atoms with Crippen molar-refractivity contribution in [1.29, 1.82) is 0 Å². The van der Waals surface area contributed by atoms with E-state index in [1.807, 2.05) is 0 Å². The zero-order valence-electron chi connectivity index (χ0n) is 22.9. The minimum atomic E-state index is -0.552. The van der Waals surface area contributed by atoms with Gasteiger partial charge in [0.15, 0.2) is 28.8 Å². The van der Waals surface area contributed by atoms with Crippen molar-refractivity contribution < 1.29 is 47.5 Å². The monoisotopic (exact) mass is 548 g/mol. The molecule has 1 atom stereocenters. The molecule has 0 aliphatic carbocycles. The number of benzene rings is 3. The molecule has 0 bridgehead atoms. The number of ether oxygens (including phenoxy) is 8. The van der Waals surface area contributed by atoms with Crippen LogP contribution in [0.15, 0.2) is 42.2 Å². The van der Waals surface area contributed by atoms with Gasteiger partial charge in [0.1, 0.15) is 23.0 Å². The summed E-state index contributed by atoms with van der Waals surface area (Å²) in [5.41, 5.74) is 2.10. The highest BCUT2D eigenvalue weighted by Gasteiger charge is 2.40. The molecule has 10 heteroatoms. The van der Waals surface area contributed by atoms with Crippen LogP contribution in [0.4, 0.5) is 0 Å². The van der Waals surface area contributed by atoms with Crippen LogP contribution in [0.5, 0.6) is 46.0 Å². The second-order valence-electron chi connectivity index (χ2n) is 8.92. The summed E-state index contributed by atoms with van der Waals surface area (Å²) in [6.07, 6.45) is 1.58. The predicted molar refractivity (Wildman–Crippen MR) is 144 cm³/mol. The molecule has 5 rings (SSSR count). The van der Waals surface area contributed by atoms with E-state index < -0.39 is 11.9 Å². The number of methoxy groups -OCH3 is 6. The molecule has 0 fully saturated rings. The molecule has 0 unspecified atom stereocenters. The lowest BCUT2D eigenvalue weighted by atomic mass is 9.84. The fraction of sp³-hybridized carbons (Fsp3) is 0.267. The van der Waals surface area contributed by atoms with E-state index in [9.17, 15) is 9.59 Å². The molecule has 0 N–H and O–H groups in total. The summed E-state index contributed by atoms with van der Waals surface area (Å²) in [5.74, 6) is 2.19. The minimum absolute atomic E-state index is 0.00457. The van der Waals surface area contributed by atoms with Gasteiger partial charge in [-0.2, -0.15) is 0 Å². The van der Waals surface area contributed by atoms with Crippen molar-refractivity contribution >= 4 is 17.8 Å². The third-order valence-corrected chi connectivity index (χ3v) is 6.91. The van der Waals surface area contributed by atoms with Gasteiger partial charge in [-0.15, -0.1) is 0 Å². The van der Waals surface area contributed by atoms with E-state index in [0.29, 0.717) is 68.2 Å². The molecule has 208 valence electrons. The highest BCUT2D eigenvalue weighted by molar-refractivity contribution is 6.15. The SMILES string of the molecule is COc1cc(OC)c(OC)cc1/C=C1/Oc2c(ccc3c2[C@@H](c2cc(OC)c(OC)cc2OC)CC(=O)O3)C1=O. The maximum atomic E-state index is 13.5. The number of rotatable bonds is 8. The summed E-state index contributed by atoms with van der Waals surface area (Å²) < 4.78 is 44.7. The molecule has 0 aromatic heterocycles. The summed E-state index contributed by atoms with van der Waals surface area (Å²) in [6, 6.07) is 10.00. The Kier molecular flexibility index (Phi) is 7.17. The fourth-order valence-corrected chi connectivity index (χ4v) is 5.00. The van der Waals surface area contributed by atoms with Gasteiger partial charge >= 0.3 is 5.97 Å². The van der Waals surface area contributed by atoms with Gasteiger partial charge in [0.05, 0.1) is 54.6 Å². The summed E-state index contributed by atoms with van der Waals surface area (Å²) in [7, 11) is 9.13. The van der Waals surface area contributed by atoms with Crippen LogP contribution in [0.1, 0.15) is 39.4 Å². The molecule has 40 heavy (non-hydrogen) atoms. The number of hydrogen-bond donors (Lipinski definition) is 0. The van der Waals surface area contributed by atoms with E-state index in [1.165, 1.54) is 42.7 Å². The molecule has 3 aromatic rings. The van der Waals surface area contributed by atoms with E-state index >= 15 is 0 Å². The van der Waals surface area contributed by atoms with Crippen LogP contribution in [0.3, 0.4) is 0 Å². The molecular weight excluding hydrogens is 520 g/mol. The number of allylic oxidation sites excluding steroid dienone is 1. The normalized spacial score (nSPS) is 16.4. The van der Waals surface area contributed by atoms with E-state index in [4.69, 9.17) is 37.9 Å². The predicted octanol–water partition coefficient (Wildman–Crippen LogP) is 4.80. The van der Waals surface area contributed by atoms with Gasteiger partial charge in [0.25, 0.3) is 0 Å². The molecule has 10 nitrogen and oxygen atoms in total. The highest BCUT2D eigenvalue weighted by atomic mass is 16.5. The van der Waals surface area contributed by atoms with Crippen molar-refractivity contribution in [3.05, 3.63) is 64.4 Å². The van der Waals surface area contributed by atoms with Crippen LogP contribution in [-0.2, 0) is 4.79 Å². The summed E-state index contributed by atoms with van der Waals surface area (Å²) >= 11 is 0. The molecule has 2 aliphatic heterocycles. The summed E-state index contributed by atoms with van der Waals surface area (Å²) in [5, 5.41) is 0. The van der Waals surface area contributed by atoms with Crippen molar-refractivity contribution in [2.45, 2.75) is 12.3 Å². The van der Waals surface area contributed by atoms with Crippen LogP contribution < -0.4 is 37.9 Å². The van der Waals surface area contributed by atoms with Crippen molar-refractivity contribution in [2.24, 2.45) is 0 Å². The van der Waals surface area contributed by atoms with E-state index in [-0.39, 0.29) is 18.0 Å². The molecule has 0 spiro atoms. The van der Waals surface area contributed by atoms with Gasteiger partial charge in [0, 0.05) is 34.7 Å². The van der Waals surface area contributed by atoms with Gasteiger partial charge in [0.2, 0.25) is 5.78 Å². The maximum Gasteiger partial charge on any atom is 0.312 e. The van der Waals surface area contributed by atoms with E-state index in [0.717, 1.165) is 0 Å². The lowest BCUT2D eigenvalue weighted by Crippen LogP contribution is -2.22. The van der Waals surface area contributed by atoms with Gasteiger partial charge < -0.3 is 37.9 Å². The lowest BCUT2D eigenvalue weighted by molar-refractivity contribution is -0.135. The highest BCUT2D eigenvalue weighted by Crippen LogP contribution is 2.52. The summed E-state index contributed by atoms with van der Waals surface area (Å²) in [6.45, 7) is 0. The molecular formula is C30H28O10. The molecule has 0 radical (unpaired) electrons. The zero-order valence-corrected chi connectivity index (χ0v) is 22.9. The second-order valence-corrected chi connectivity index (χ2v) is 8.92. The van der Waals surface area contributed by atoms with Crippen molar-refractivity contribution in [3.63, 3.8) is 0 Å². The number of esters is 1. The molecule has 0 amide bonds. The molecule has 3 aromatic carbocycles. The van der Waals surface area contributed by atoms with Crippen LogP contribution in [0.25, 0.3) is 6.08 Å². The number of fused-ring (bicyclic) bond motifs is 3. The van der Waals surface area contributed by atoms with E-state index in [1.54, 1.807) is 42.5 Å². The first-order valence-corrected chi connectivity index (χ1v) is 12.3. The number of Topliss-reactive ketones (excluding diaryl/α,β-unsaturated/α-hetero) is 1. The van der Waals surface area contributed by atoms with Gasteiger partial charge in [-0.3, -0.25) is 9.59 Å². The Morgan fingerprint density at radius 1 is 0.700 bits per heavy atom. The second kappa shape index (κ2) is 10.7. The fourth-order valence-electron chi connectivity index (χ4n) is 5.00. The number of ketones is 1. The standard InChI is InChI=1S/C30H28O10/c1-33-20-13-24(37-5)22(35-3)9-15(20)10-26-29(32)16-7-8-19-28(30(16)40-26)18(12-27(31)39-19)17-11-23(36-4)25(38-6)14-21(17)34-2/h7-11,13-14,18H,12H2,1-6H3/b26-10+/t18-/m1/s1.